The zero-order valence-corrected chi connectivity index (χ0v) is 13.5. The van der Waals surface area contributed by atoms with Gasteiger partial charge in [0.2, 0.25) is 5.91 Å². The van der Waals surface area contributed by atoms with Gasteiger partial charge in [0.05, 0.1) is 6.42 Å². The largest absolute Gasteiger partial charge is 0.370 e. The summed E-state index contributed by atoms with van der Waals surface area (Å²) in [7, 11) is 0. The number of nitrogens with one attached hydrogen (secondary N) is 2. The molecule has 0 radical (unpaired) electrons. The van der Waals surface area contributed by atoms with Crippen LogP contribution in [0.25, 0.3) is 10.8 Å². The van der Waals surface area contributed by atoms with E-state index in [9.17, 15) is 4.79 Å². The van der Waals surface area contributed by atoms with Crippen LogP contribution in [0.5, 0.6) is 0 Å². The Hall–Kier alpha value is -2.88. The molecule has 3 aromatic rings. The highest BCUT2D eigenvalue weighted by Crippen LogP contribution is 2.18. The van der Waals surface area contributed by atoms with E-state index in [1.54, 1.807) is 6.20 Å². The molecule has 4 heteroatoms. The predicted molar refractivity (Wildman–Crippen MR) is 98.0 cm³/mol. The van der Waals surface area contributed by atoms with Gasteiger partial charge in [-0.3, -0.25) is 4.79 Å². The zero-order valence-electron chi connectivity index (χ0n) is 13.5. The molecular weight excluding hydrogens is 298 g/mol. The van der Waals surface area contributed by atoms with Crippen molar-refractivity contribution < 1.29 is 4.79 Å². The molecule has 4 nitrogen and oxygen atoms in total. The summed E-state index contributed by atoms with van der Waals surface area (Å²) in [5.74, 6) is 0.920. The maximum Gasteiger partial charge on any atom is 0.224 e. The van der Waals surface area contributed by atoms with Crippen molar-refractivity contribution in [3.05, 3.63) is 72.4 Å². The summed E-state index contributed by atoms with van der Waals surface area (Å²) in [4.78, 5) is 16.3. The van der Waals surface area contributed by atoms with Crippen LogP contribution >= 0.6 is 0 Å². The summed E-state index contributed by atoms with van der Waals surface area (Å²) >= 11 is 0. The van der Waals surface area contributed by atoms with Crippen molar-refractivity contribution in [3.8, 4) is 0 Å². The molecule has 0 aliphatic heterocycles. The molecule has 0 aliphatic carbocycles. The topological polar surface area (TPSA) is 54.0 Å². The summed E-state index contributed by atoms with van der Waals surface area (Å²) in [6.45, 7) is 1.44. The third kappa shape index (κ3) is 4.32. The molecule has 0 atom stereocenters. The summed E-state index contributed by atoms with van der Waals surface area (Å²) in [5.41, 5.74) is 1.07. The van der Waals surface area contributed by atoms with Crippen LogP contribution in [-0.2, 0) is 11.2 Å². The number of aromatic nitrogens is 1. The molecule has 2 aromatic carbocycles. The minimum atomic E-state index is 0.0594. The monoisotopic (exact) mass is 319 g/mol. The molecule has 0 aliphatic rings. The van der Waals surface area contributed by atoms with Crippen molar-refractivity contribution in [2.24, 2.45) is 0 Å². The fourth-order valence-electron chi connectivity index (χ4n) is 2.68. The number of hydrogen-bond acceptors (Lipinski definition) is 3. The van der Waals surface area contributed by atoms with Crippen molar-refractivity contribution in [1.82, 2.24) is 10.3 Å². The Morgan fingerprint density at radius 2 is 1.75 bits per heavy atom. The van der Waals surface area contributed by atoms with Gasteiger partial charge in [0.15, 0.2) is 0 Å². The van der Waals surface area contributed by atoms with Crippen molar-refractivity contribution in [3.63, 3.8) is 0 Å². The van der Waals surface area contributed by atoms with Gasteiger partial charge in [0.25, 0.3) is 0 Å². The second-order valence-corrected chi connectivity index (χ2v) is 5.66. The molecule has 0 bridgehead atoms. The molecule has 0 saturated carbocycles. The Kier molecular flexibility index (Phi) is 5.40. The zero-order chi connectivity index (χ0) is 16.6. The van der Waals surface area contributed by atoms with Crippen LogP contribution < -0.4 is 10.6 Å². The first-order chi connectivity index (χ1) is 11.8. The van der Waals surface area contributed by atoms with Gasteiger partial charge in [-0.05, 0) is 34.9 Å². The van der Waals surface area contributed by atoms with Gasteiger partial charge >= 0.3 is 0 Å². The molecule has 2 N–H and O–H groups in total. The quantitative estimate of drug-likeness (QED) is 0.656. The van der Waals surface area contributed by atoms with Crippen LogP contribution in [0, 0.1) is 0 Å². The number of carbonyl (C=O) groups is 1. The van der Waals surface area contributed by atoms with E-state index < -0.39 is 0 Å². The van der Waals surface area contributed by atoms with Gasteiger partial charge in [-0.25, -0.2) is 4.98 Å². The molecule has 0 spiro atoms. The van der Waals surface area contributed by atoms with Gasteiger partial charge in [0, 0.05) is 19.3 Å². The minimum Gasteiger partial charge on any atom is -0.370 e. The van der Waals surface area contributed by atoms with Crippen molar-refractivity contribution in [2.45, 2.75) is 12.8 Å². The number of fused-ring (bicyclic) bond motifs is 1. The van der Waals surface area contributed by atoms with Crippen LogP contribution in [0.1, 0.15) is 12.0 Å². The van der Waals surface area contributed by atoms with E-state index in [1.165, 1.54) is 5.39 Å². The Bertz CT molecular complexity index is 797. The van der Waals surface area contributed by atoms with E-state index in [2.05, 4.69) is 33.8 Å². The maximum atomic E-state index is 12.1. The molecule has 122 valence electrons. The van der Waals surface area contributed by atoms with Crippen LogP contribution in [0.15, 0.2) is 66.9 Å². The Labute approximate surface area is 141 Å². The average molecular weight is 319 g/mol. The van der Waals surface area contributed by atoms with Gasteiger partial charge in [-0.15, -0.1) is 0 Å². The molecule has 1 aromatic heterocycles. The number of nitrogens with zero attached hydrogens (tertiary/aromatic N) is 1. The number of benzene rings is 2. The van der Waals surface area contributed by atoms with Crippen molar-refractivity contribution in [1.29, 1.82) is 0 Å². The number of amides is 1. The maximum absolute atomic E-state index is 12.1. The van der Waals surface area contributed by atoms with Gasteiger partial charge in [-0.2, -0.15) is 0 Å². The molecular formula is C20H21N3O. The Balaban J connectivity index is 1.44. The lowest BCUT2D eigenvalue weighted by atomic mass is 10.0. The summed E-state index contributed by atoms with van der Waals surface area (Å²) in [5, 5.41) is 8.53. The molecule has 3 rings (SSSR count). The highest BCUT2D eigenvalue weighted by atomic mass is 16.1. The van der Waals surface area contributed by atoms with E-state index in [1.807, 2.05) is 42.5 Å². The summed E-state index contributed by atoms with van der Waals surface area (Å²) < 4.78 is 0. The molecule has 0 fully saturated rings. The normalized spacial score (nSPS) is 10.5. The van der Waals surface area contributed by atoms with Crippen LogP contribution in [0.2, 0.25) is 0 Å². The lowest BCUT2D eigenvalue weighted by Gasteiger charge is -2.09. The molecule has 0 saturated heterocycles. The first-order valence-corrected chi connectivity index (χ1v) is 8.21. The van der Waals surface area contributed by atoms with E-state index in [4.69, 9.17) is 0 Å². The smallest absolute Gasteiger partial charge is 0.224 e. The summed E-state index contributed by atoms with van der Waals surface area (Å²) in [6, 6.07) is 20.0. The van der Waals surface area contributed by atoms with E-state index in [0.29, 0.717) is 13.0 Å². The third-order valence-corrected chi connectivity index (χ3v) is 3.88. The molecule has 24 heavy (non-hydrogen) atoms. The van der Waals surface area contributed by atoms with E-state index in [-0.39, 0.29) is 5.91 Å². The SMILES string of the molecule is O=C(Cc1cccc2ccccc12)NCCCNc1ccccn1. The van der Waals surface area contributed by atoms with Gasteiger partial charge in [0.1, 0.15) is 5.82 Å². The standard InChI is InChI=1S/C20H21N3O/c24-20(23-14-6-13-22-19-11-3-4-12-21-19)15-17-9-5-8-16-7-1-2-10-18(16)17/h1-5,7-12H,6,13-15H2,(H,21,22)(H,23,24). The van der Waals surface area contributed by atoms with Crippen molar-refractivity contribution >= 4 is 22.5 Å². The number of anilines is 1. The number of pyridine rings is 1. The van der Waals surface area contributed by atoms with Crippen LogP contribution in [0.4, 0.5) is 5.82 Å². The fraction of sp³-hybridized carbons (Fsp3) is 0.200. The van der Waals surface area contributed by atoms with Gasteiger partial charge < -0.3 is 10.6 Å². The lowest BCUT2D eigenvalue weighted by molar-refractivity contribution is -0.120. The lowest BCUT2D eigenvalue weighted by Crippen LogP contribution is -2.27. The van der Waals surface area contributed by atoms with Gasteiger partial charge in [-0.1, -0.05) is 48.5 Å². The second-order valence-electron chi connectivity index (χ2n) is 5.66. The molecule has 1 amide bonds. The second kappa shape index (κ2) is 8.11. The Morgan fingerprint density at radius 3 is 2.62 bits per heavy atom. The number of carbonyl (C=O) groups excluding carboxylic acids is 1. The fourth-order valence-corrected chi connectivity index (χ4v) is 2.68. The number of hydrogen-bond donors (Lipinski definition) is 2. The third-order valence-electron chi connectivity index (χ3n) is 3.88. The van der Waals surface area contributed by atoms with E-state index in [0.717, 1.165) is 29.7 Å². The van der Waals surface area contributed by atoms with E-state index >= 15 is 0 Å². The van der Waals surface area contributed by atoms with Crippen molar-refractivity contribution in [2.75, 3.05) is 18.4 Å². The molecule has 1 heterocycles. The highest BCUT2D eigenvalue weighted by molar-refractivity contribution is 5.90. The first-order valence-electron chi connectivity index (χ1n) is 8.21. The van der Waals surface area contributed by atoms with Crippen LogP contribution in [-0.4, -0.2) is 24.0 Å². The molecule has 0 unspecified atom stereocenters. The first kappa shape index (κ1) is 16.0. The summed E-state index contributed by atoms with van der Waals surface area (Å²) in [6.07, 6.45) is 3.03. The Morgan fingerprint density at radius 1 is 0.917 bits per heavy atom. The predicted octanol–water partition coefficient (Wildman–Crippen LogP) is 3.40. The number of rotatable bonds is 7. The minimum absolute atomic E-state index is 0.0594. The average Bonchev–Trinajstić information content (AvgIpc) is 2.63. The van der Waals surface area contributed by atoms with Crippen LogP contribution in [0.3, 0.4) is 0 Å². The highest BCUT2D eigenvalue weighted by Gasteiger charge is 2.06.